The minimum absolute atomic E-state index is 0.0560. The summed E-state index contributed by atoms with van der Waals surface area (Å²) in [4.78, 5) is 7.47. The fourth-order valence-electron chi connectivity index (χ4n) is 1.61. The van der Waals surface area contributed by atoms with Crippen molar-refractivity contribution < 1.29 is 13.2 Å². The first kappa shape index (κ1) is 12.3. The molecule has 2 rings (SSSR count). The number of benzene rings is 1. The van der Waals surface area contributed by atoms with Gasteiger partial charge in [-0.05, 0) is 23.3 Å². The first-order chi connectivity index (χ1) is 8.52. The average molecular weight is 250 g/mol. The molecule has 1 aromatic heterocycles. The van der Waals surface area contributed by atoms with Gasteiger partial charge in [0, 0.05) is 18.0 Å². The van der Waals surface area contributed by atoms with Gasteiger partial charge in [-0.15, -0.1) is 0 Å². The Kier molecular flexibility index (Phi) is 3.14. The van der Waals surface area contributed by atoms with Crippen LogP contribution in [0.2, 0.25) is 0 Å². The number of nitrogens with zero attached hydrogens (tertiary/aromatic N) is 2. The minimum Gasteiger partial charge on any atom is -0.244 e. The van der Waals surface area contributed by atoms with Crippen LogP contribution in [0.25, 0.3) is 17.2 Å². The molecule has 0 aliphatic heterocycles. The molecule has 1 aromatic carbocycles. The van der Waals surface area contributed by atoms with E-state index in [1.165, 1.54) is 36.9 Å². The van der Waals surface area contributed by atoms with Gasteiger partial charge >= 0.3 is 6.18 Å². The lowest BCUT2D eigenvalue weighted by molar-refractivity contribution is -0.137. The van der Waals surface area contributed by atoms with E-state index in [0.29, 0.717) is 11.1 Å². The van der Waals surface area contributed by atoms with E-state index < -0.39 is 11.7 Å². The molecule has 2 nitrogen and oxygen atoms in total. The Balaban J connectivity index is 2.66. The Morgan fingerprint density at radius 3 is 2.33 bits per heavy atom. The molecular formula is C13H9F3N2. The van der Waals surface area contributed by atoms with Gasteiger partial charge in [0.2, 0.25) is 0 Å². The lowest BCUT2D eigenvalue weighted by Crippen LogP contribution is -2.07. The second-order valence-corrected chi connectivity index (χ2v) is 3.63. The van der Waals surface area contributed by atoms with Crippen LogP contribution < -0.4 is 0 Å². The normalized spacial score (nSPS) is 11.3. The Hall–Kier alpha value is -2.17. The van der Waals surface area contributed by atoms with Crippen molar-refractivity contribution in [3.05, 3.63) is 54.6 Å². The van der Waals surface area contributed by atoms with E-state index in [1.807, 2.05) is 0 Å². The molecular weight excluding hydrogens is 241 g/mol. The third kappa shape index (κ3) is 2.40. The summed E-state index contributed by atoms with van der Waals surface area (Å²) in [6.45, 7) is 3.55. The van der Waals surface area contributed by atoms with E-state index in [2.05, 4.69) is 16.5 Å². The zero-order valence-electron chi connectivity index (χ0n) is 9.28. The molecule has 2 aromatic rings. The van der Waals surface area contributed by atoms with Gasteiger partial charge < -0.3 is 0 Å². The first-order valence-corrected chi connectivity index (χ1v) is 5.11. The highest BCUT2D eigenvalue weighted by atomic mass is 19.4. The molecule has 0 aliphatic carbocycles. The molecule has 0 unspecified atom stereocenters. The van der Waals surface area contributed by atoms with E-state index in [0.717, 1.165) is 6.07 Å². The maximum Gasteiger partial charge on any atom is 0.417 e. The van der Waals surface area contributed by atoms with Crippen LogP contribution in [0.3, 0.4) is 0 Å². The van der Waals surface area contributed by atoms with E-state index in [1.54, 1.807) is 0 Å². The third-order valence-electron chi connectivity index (χ3n) is 2.46. The highest BCUT2D eigenvalue weighted by molar-refractivity contribution is 5.70. The van der Waals surface area contributed by atoms with Gasteiger partial charge in [0.25, 0.3) is 0 Å². The highest BCUT2D eigenvalue weighted by Gasteiger charge is 2.33. The number of alkyl halides is 3. The van der Waals surface area contributed by atoms with Crippen molar-refractivity contribution in [2.24, 2.45) is 0 Å². The van der Waals surface area contributed by atoms with Crippen LogP contribution >= 0.6 is 0 Å². The van der Waals surface area contributed by atoms with Crippen LogP contribution in [0, 0.1) is 0 Å². The molecule has 0 saturated heterocycles. The molecule has 0 fully saturated rings. The molecule has 92 valence electrons. The highest BCUT2D eigenvalue weighted by Crippen LogP contribution is 2.37. The number of aromatic nitrogens is 2. The lowest BCUT2D eigenvalue weighted by Gasteiger charge is -2.13. The van der Waals surface area contributed by atoms with Crippen LogP contribution in [-0.2, 0) is 6.18 Å². The van der Waals surface area contributed by atoms with Crippen molar-refractivity contribution in [1.82, 2.24) is 9.97 Å². The van der Waals surface area contributed by atoms with Crippen molar-refractivity contribution >= 4 is 6.08 Å². The Labute approximate surface area is 102 Å². The Bertz CT molecular complexity index is 562. The van der Waals surface area contributed by atoms with Gasteiger partial charge in [-0.2, -0.15) is 13.2 Å². The summed E-state index contributed by atoms with van der Waals surface area (Å²) in [5.74, 6) is 0. The molecule has 0 bridgehead atoms. The first-order valence-electron chi connectivity index (χ1n) is 5.11. The molecule has 0 radical (unpaired) electrons. The zero-order valence-corrected chi connectivity index (χ0v) is 9.28. The number of rotatable bonds is 2. The molecule has 1 heterocycles. The van der Waals surface area contributed by atoms with Crippen LogP contribution in [0.5, 0.6) is 0 Å². The largest absolute Gasteiger partial charge is 0.417 e. The van der Waals surface area contributed by atoms with Crippen molar-refractivity contribution in [2.45, 2.75) is 6.18 Å². The molecule has 0 saturated carbocycles. The van der Waals surface area contributed by atoms with E-state index in [-0.39, 0.29) is 5.56 Å². The topological polar surface area (TPSA) is 25.8 Å². The summed E-state index contributed by atoms with van der Waals surface area (Å²) in [7, 11) is 0. The summed E-state index contributed by atoms with van der Waals surface area (Å²) < 4.78 is 38.7. The van der Waals surface area contributed by atoms with Gasteiger partial charge in [0.1, 0.15) is 6.33 Å². The van der Waals surface area contributed by atoms with E-state index >= 15 is 0 Å². The SMILES string of the molecule is C=Cc1ccc(C(F)(F)F)c(-c2cncnc2)c1. The van der Waals surface area contributed by atoms with Crippen LogP contribution in [-0.4, -0.2) is 9.97 Å². The predicted molar refractivity (Wildman–Crippen MR) is 62.6 cm³/mol. The second kappa shape index (κ2) is 4.60. The Morgan fingerprint density at radius 2 is 1.78 bits per heavy atom. The Morgan fingerprint density at radius 1 is 1.11 bits per heavy atom. The summed E-state index contributed by atoms with van der Waals surface area (Å²) in [5, 5.41) is 0. The fourth-order valence-corrected chi connectivity index (χ4v) is 1.61. The summed E-state index contributed by atoms with van der Waals surface area (Å²) in [5.41, 5.74) is 0.291. The molecule has 0 aliphatic rings. The van der Waals surface area contributed by atoms with Gasteiger partial charge in [-0.3, -0.25) is 0 Å². The van der Waals surface area contributed by atoms with Crippen molar-refractivity contribution in [2.75, 3.05) is 0 Å². The summed E-state index contributed by atoms with van der Waals surface area (Å²) in [6.07, 6.45) is 1.06. The monoisotopic (exact) mass is 250 g/mol. The van der Waals surface area contributed by atoms with E-state index in [4.69, 9.17) is 0 Å². The van der Waals surface area contributed by atoms with E-state index in [9.17, 15) is 13.2 Å². The smallest absolute Gasteiger partial charge is 0.244 e. The number of hydrogen-bond donors (Lipinski definition) is 0. The van der Waals surface area contributed by atoms with Gasteiger partial charge in [-0.1, -0.05) is 18.7 Å². The average Bonchev–Trinajstić information content (AvgIpc) is 2.38. The summed E-state index contributed by atoms with van der Waals surface area (Å²) in [6, 6.07) is 3.84. The van der Waals surface area contributed by atoms with Crippen molar-refractivity contribution in [1.29, 1.82) is 0 Å². The quantitative estimate of drug-likeness (QED) is 0.810. The zero-order chi connectivity index (χ0) is 13.2. The van der Waals surface area contributed by atoms with Gasteiger partial charge in [0.15, 0.2) is 0 Å². The predicted octanol–water partition coefficient (Wildman–Crippen LogP) is 3.81. The standard InChI is InChI=1S/C13H9F3N2/c1-2-9-3-4-12(13(14,15)16)11(5-9)10-6-17-8-18-7-10/h2-8H,1H2. The number of halogens is 3. The molecule has 5 heteroatoms. The molecule has 0 amide bonds. The second-order valence-electron chi connectivity index (χ2n) is 3.63. The molecule has 0 spiro atoms. The van der Waals surface area contributed by atoms with Crippen LogP contribution in [0.4, 0.5) is 13.2 Å². The van der Waals surface area contributed by atoms with Crippen molar-refractivity contribution in [3.63, 3.8) is 0 Å². The molecule has 18 heavy (non-hydrogen) atoms. The fraction of sp³-hybridized carbons (Fsp3) is 0.0769. The van der Waals surface area contributed by atoms with Gasteiger partial charge in [0.05, 0.1) is 5.56 Å². The van der Waals surface area contributed by atoms with Gasteiger partial charge in [-0.25, -0.2) is 9.97 Å². The maximum absolute atomic E-state index is 12.9. The van der Waals surface area contributed by atoms with Crippen LogP contribution in [0.1, 0.15) is 11.1 Å². The summed E-state index contributed by atoms with van der Waals surface area (Å²) >= 11 is 0. The lowest BCUT2D eigenvalue weighted by atomic mass is 9.99. The molecule has 0 N–H and O–H groups in total. The van der Waals surface area contributed by atoms with Crippen molar-refractivity contribution in [3.8, 4) is 11.1 Å². The van der Waals surface area contributed by atoms with Crippen LogP contribution in [0.15, 0.2) is 43.5 Å². The molecule has 0 atom stereocenters. The maximum atomic E-state index is 12.9. The third-order valence-corrected chi connectivity index (χ3v) is 2.46. The number of hydrogen-bond acceptors (Lipinski definition) is 2. The minimum atomic E-state index is -4.41.